The summed E-state index contributed by atoms with van der Waals surface area (Å²) in [5.74, 6) is 0.114. The number of likely N-dealkylation sites (tertiary alicyclic amines) is 1. The summed E-state index contributed by atoms with van der Waals surface area (Å²) in [5.41, 5.74) is 2.22. The summed E-state index contributed by atoms with van der Waals surface area (Å²) in [7, 11) is 0. The monoisotopic (exact) mass is 565 g/mol. The molecule has 1 aromatic heterocycles. The number of ketones is 2. The van der Waals surface area contributed by atoms with Gasteiger partial charge in [-0.1, -0.05) is 45.3 Å². The van der Waals surface area contributed by atoms with Gasteiger partial charge in [0, 0.05) is 38.3 Å². The Morgan fingerprint density at radius 1 is 1.10 bits per heavy atom. The third kappa shape index (κ3) is 9.07. The van der Waals surface area contributed by atoms with E-state index in [2.05, 4.69) is 35.3 Å². The average Bonchev–Trinajstić information content (AvgIpc) is 3.65. The lowest BCUT2D eigenvalue weighted by molar-refractivity contribution is -0.130. The van der Waals surface area contributed by atoms with Crippen LogP contribution in [0.3, 0.4) is 0 Å². The van der Waals surface area contributed by atoms with Crippen LogP contribution in [0.1, 0.15) is 95.0 Å². The molecule has 1 aliphatic heterocycles. The smallest absolute Gasteiger partial charge is 0.224 e. The van der Waals surface area contributed by atoms with Crippen molar-refractivity contribution in [2.45, 2.75) is 103 Å². The van der Waals surface area contributed by atoms with Crippen LogP contribution in [0.2, 0.25) is 0 Å². The van der Waals surface area contributed by atoms with E-state index < -0.39 is 5.92 Å². The summed E-state index contributed by atoms with van der Waals surface area (Å²) < 4.78 is 1.13. The molecular weight excluding hydrogens is 518 g/mol. The Balaban J connectivity index is 1.39. The maximum atomic E-state index is 13.7. The SMILES string of the molecule is CCC(=O)C[C@@H](Cc1nc2ccc(CC)cc2s1)C(=O)N[C@H](CCC(=O)/C=C/CN1CCCCC1)C1CCCC1. The van der Waals surface area contributed by atoms with Crippen molar-refractivity contribution in [2.24, 2.45) is 11.8 Å². The highest BCUT2D eigenvalue weighted by Crippen LogP contribution is 2.31. The predicted molar refractivity (Wildman–Crippen MR) is 164 cm³/mol. The zero-order chi connectivity index (χ0) is 28.3. The number of carbonyl (C=O) groups is 3. The minimum absolute atomic E-state index is 0.0313. The first-order chi connectivity index (χ1) is 19.4. The number of Topliss-reactive ketones (excluding diaryl/α,β-unsaturated/α-hetero) is 1. The Labute approximate surface area is 244 Å². The van der Waals surface area contributed by atoms with Crippen molar-refractivity contribution in [2.75, 3.05) is 19.6 Å². The van der Waals surface area contributed by atoms with Gasteiger partial charge in [-0.05, 0) is 81.3 Å². The number of carbonyl (C=O) groups excluding carboxylic acids is 3. The van der Waals surface area contributed by atoms with Crippen LogP contribution in [0.15, 0.2) is 30.4 Å². The van der Waals surface area contributed by atoms with Crippen molar-refractivity contribution in [1.82, 2.24) is 15.2 Å². The van der Waals surface area contributed by atoms with Crippen LogP contribution in [-0.4, -0.2) is 53.0 Å². The second-order valence-corrected chi connectivity index (χ2v) is 12.8. The van der Waals surface area contributed by atoms with Crippen LogP contribution < -0.4 is 5.32 Å². The zero-order valence-electron chi connectivity index (χ0n) is 24.5. The van der Waals surface area contributed by atoms with Gasteiger partial charge in [0.05, 0.1) is 21.1 Å². The molecule has 6 nitrogen and oxygen atoms in total. The average molecular weight is 566 g/mol. The Hall–Kier alpha value is -2.38. The molecule has 0 unspecified atom stereocenters. The number of piperidine rings is 1. The highest BCUT2D eigenvalue weighted by Gasteiger charge is 2.30. The molecule has 0 bridgehead atoms. The molecule has 2 heterocycles. The molecular formula is C33H47N3O3S. The maximum Gasteiger partial charge on any atom is 0.224 e. The number of rotatable bonds is 15. The first kappa shape index (κ1) is 30.6. The number of nitrogens with one attached hydrogen (secondary N) is 1. The van der Waals surface area contributed by atoms with E-state index in [0.29, 0.717) is 31.6 Å². The van der Waals surface area contributed by atoms with E-state index in [-0.39, 0.29) is 29.9 Å². The Morgan fingerprint density at radius 2 is 1.88 bits per heavy atom. The van der Waals surface area contributed by atoms with Crippen molar-refractivity contribution in [1.29, 1.82) is 0 Å². The van der Waals surface area contributed by atoms with Crippen LogP contribution in [0.25, 0.3) is 10.2 Å². The minimum atomic E-state index is -0.442. The fraction of sp³-hybridized carbons (Fsp3) is 0.636. The quantitative estimate of drug-likeness (QED) is 0.251. The molecule has 1 amide bonds. The summed E-state index contributed by atoms with van der Waals surface area (Å²) in [5, 5.41) is 4.23. The molecule has 2 atom stereocenters. The van der Waals surface area contributed by atoms with Gasteiger partial charge >= 0.3 is 0 Å². The van der Waals surface area contributed by atoms with Crippen LogP contribution in [0.4, 0.5) is 0 Å². The summed E-state index contributed by atoms with van der Waals surface area (Å²) in [6.45, 7) is 7.07. The molecule has 4 rings (SSSR count). The fourth-order valence-corrected chi connectivity index (χ4v) is 7.26. The Morgan fingerprint density at radius 3 is 2.60 bits per heavy atom. The van der Waals surface area contributed by atoms with E-state index in [1.807, 2.05) is 13.0 Å². The summed E-state index contributed by atoms with van der Waals surface area (Å²) >= 11 is 1.63. The lowest BCUT2D eigenvalue weighted by Crippen LogP contribution is -2.44. The zero-order valence-corrected chi connectivity index (χ0v) is 25.3. The lowest BCUT2D eigenvalue weighted by atomic mass is 9.91. The molecule has 1 saturated carbocycles. The summed E-state index contributed by atoms with van der Waals surface area (Å²) in [4.78, 5) is 46.1. The van der Waals surface area contributed by atoms with Crippen LogP contribution in [-0.2, 0) is 27.2 Å². The first-order valence-electron chi connectivity index (χ1n) is 15.6. The fourth-order valence-electron chi connectivity index (χ4n) is 6.15. The molecule has 2 aromatic rings. The van der Waals surface area contributed by atoms with Crippen molar-refractivity contribution in [3.8, 4) is 0 Å². The van der Waals surface area contributed by atoms with Crippen molar-refractivity contribution in [3.05, 3.63) is 40.9 Å². The number of fused-ring (bicyclic) bond motifs is 1. The largest absolute Gasteiger partial charge is 0.353 e. The summed E-state index contributed by atoms with van der Waals surface area (Å²) in [6, 6.07) is 6.30. The number of amides is 1. The minimum Gasteiger partial charge on any atom is -0.353 e. The molecule has 218 valence electrons. The Kier molecular flexibility index (Phi) is 11.9. The third-order valence-electron chi connectivity index (χ3n) is 8.68. The molecule has 2 aliphatic rings. The van der Waals surface area contributed by atoms with Crippen molar-refractivity contribution in [3.63, 3.8) is 0 Å². The molecule has 1 aromatic carbocycles. The molecule has 40 heavy (non-hydrogen) atoms. The van der Waals surface area contributed by atoms with Gasteiger partial charge in [-0.25, -0.2) is 4.98 Å². The van der Waals surface area contributed by atoms with Crippen molar-refractivity contribution < 1.29 is 14.4 Å². The van der Waals surface area contributed by atoms with Gasteiger partial charge in [0.2, 0.25) is 5.91 Å². The van der Waals surface area contributed by atoms with Gasteiger partial charge in [-0.3, -0.25) is 19.3 Å². The lowest BCUT2D eigenvalue weighted by Gasteiger charge is -2.27. The summed E-state index contributed by atoms with van der Waals surface area (Å²) in [6.07, 6.45) is 15.2. The third-order valence-corrected chi connectivity index (χ3v) is 9.72. The maximum absolute atomic E-state index is 13.7. The van der Waals surface area contributed by atoms with Crippen LogP contribution >= 0.6 is 11.3 Å². The molecule has 2 fully saturated rings. The molecule has 0 spiro atoms. The highest BCUT2D eigenvalue weighted by atomic mass is 32.1. The number of allylic oxidation sites excluding steroid dienone is 1. The second kappa shape index (κ2) is 15.6. The van der Waals surface area contributed by atoms with Crippen molar-refractivity contribution >= 4 is 39.0 Å². The number of aryl methyl sites for hydroxylation is 1. The molecule has 0 radical (unpaired) electrons. The number of aromatic nitrogens is 1. The van der Waals surface area contributed by atoms with E-state index in [4.69, 9.17) is 4.98 Å². The number of thiazole rings is 1. The van der Waals surface area contributed by atoms with Gasteiger partial charge in [0.25, 0.3) is 0 Å². The molecule has 1 N–H and O–H groups in total. The topological polar surface area (TPSA) is 79.4 Å². The second-order valence-electron chi connectivity index (χ2n) is 11.7. The van der Waals surface area contributed by atoms with Gasteiger partial charge in [-0.15, -0.1) is 11.3 Å². The van der Waals surface area contributed by atoms with Gasteiger partial charge in [-0.2, -0.15) is 0 Å². The van der Waals surface area contributed by atoms with Gasteiger partial charge in [0.1, 0.15) is 5.78 Å². The number of hydrogen-bond acceptors (Lipinski definition) is 6. The molecule has 1 saturated heterocycles. The standard InChI is InChI=1S/C33H47N3O3S/c1-3-24-14-16-30-31(21-24)40-32(34-30)23-26(22-27(37)4-2)33(39)35-29(25-11-6-7-12-25)17-15-28(38)13-10-20-36-18-8-5-9-19-36/h10,13-14,16,21,25-26,29H,3-9,11-12,15,17-20,22-23H2,1-2H3,(H,35,39)/b13-10+/t26-,29+/m0/s1. The van der Waals surface area contributed by atoms with Gasteiger partial charge < -0.3 is 5.32 Å². The van der Waals surface area contributed by atoms with Crippen LogP contribution in [0, 0.1) is 11.8 Å². The van der Waals surface area contributed by atoms with E-state index in [1.165, 1.54) is 37.7 Å². The van der Waals surface area contributed by atoms with E-state index in [0.717, 1.165) is 54.1 Å². The predicted octanol–water partition coefficient (Wildman–Crippen LogP) is 6.45. The molecule has 1 aliphatic carbocycles. The Bertz CT molecular complexity index is 1160. The van der Waals surface area contributed by atoms with E-state index in [9.17, 15) is 14.4 Å². The molecule has 7 heteroatoms. The normalized spacial score (nSPS) is 18.4. The number of benzene rings is 1. The highest BCUT2D eigenvalue weighted by molar-refractivity contribution is 7.18. The number of nitrogens with zero attached hydrogens (tertiary/aromatic N) is 2. The van der Waals surface area contributed by atoms with Crippen LogP contribution in [0.5, 0.6) is 0 Å². The van der Waals surface area contributed by atoms with Gasteiger partial charge in [0.15, 0.2) is 5.78 Å². The first-order valence-corrected chi connectivity index (χ1v) is 16.4. The van der Waals surface area contributed by atoms with E-state index >= 15 is 0 Å². The van der Waals surface area contributed by atoms with E-state index in [1.54, 1.807) is 17.4 Å². The number of hydrogen-bond donors (Lipinski definition) is 1.